The number of benzene rings is 1. The molecule has 3 nitrogen and oxygen atoms in total. The molecule has 0 radical (unpaired) electrons. The summed E-state index contributed by atoms with van der Waals surface area (Å²) < 4.78 is 14.9. The van der Waals surface area contributed by atoms with Gasteiger partial charge in [0.2, 0.25) is 0 Å². The van der Waals surface area contributed by atoms with Crippen molar-refractivity contribution in [1.29, 1.82) is 0 Å². The Balaban J connectivity index is 2.17. The lowest BCUT2D eigenvalue weighted by atomic mass is 10.2. The average molecular weight is 350 g/mol. The first-order chi connectivity index (χ1) is 11.0. The Morgan fingerprint density at radius 2 is 2.13 bits per heavy atom. The molecule has 2 aromatic rings. The third-order valence-corrected chi connectivity index (χ3v) is 6.28. The predicted molar refractivity (Wildman–Crippen MR) is 94.4 cm³/mol. The van der Waals surface area contributed by atoms with Crippen LogP contribution in [-0.2, 0) is 6.42 Å². The first-order valence-corrected chi connectivity index (χ1v) is 9.50. The van der Waals surface area contributed by atoms with E-state index in [1.807, 2.05) is 0 Å². The first kappa shape index (κ1) is 16.6. The summed E-state index contributed by atoms with van der Waals surface area (Å²) in [6.45, 7) is 6.34. The number of fused-ring (bicyclic) bond motifs is 1. The molecule has 0 saturated carbocycles. The minimum absolute atomic E-state index is 0.0400. The molecule has 6 heteroatoms. The maximum absolute atomic E-state index is 13.2. The van der Waals surface area contributed by atoms with Gasteiger partial charge in [0.1, 0.15) is 5.82 Å². The highest BCUT2D eigenvalue weighted by atomic mass is 32.2. The van der Waals surface area contributed by atoms with Crippen LogP contribution in [-0.4, -0.2) is 20.1 Å². The summed E-state index contributed by atoms with van der Waals surface area (Å²) in [5, 5.41) is 1.43. The summed E-state index contributed by atoms with van der Waals surface area (Å²) in [6, 6.07) is 6.02. The highest BCUT2D eigenvalue weighted by molar-refractivity contribution is 8.00. The summed E-state index contributed by atoms with van der Waals surface area (Å²) in [5.41, 5.74) is 1.52. The van der Waals surface area contributed by atoms with E-state index in [4.69, 9.17) is 4.98 Å². The van der Waals surface area contributed by atoms with Crippen molar-refractivity contribution in [3.63, 3.8) is 0 Å². The summed E-state index contributed by atoms with van der Waals surface area (Å²) in [4.78, 5) is 18.5. The molecule has 0 saturated heterocycles. The second-order valence-electron chi connectivity index (χ2n) is 5.76. The van der Waals surface area contributed by atoms with Gasteiger partial charge in [0.15, 0.2) is 5.16 Å². The summed E-state index contributed by atoms with van der Waals surface area (Å²) in [7, 11) is 0. The van der Waals surface area contributed by atoms with Gasteiger partial charge in [-0.3, -0.25) is 9.36 Å². The zero-order valence-corrected chi connectivity index (χ0v) is 15.0. The summed E-state index contributed by atoms with van der Waals surface area (Å²) in [6.07, 6.45) is 1.82. The van der Waals surface area contributed by atoms with Crippen molar-refractivity contribution in [3.8, 4) is 5.69 Å². The highest BCUT2D eigenvalue weighted by Gasteiger charge is 2.27. The number of nitrogens with zero attached hydrogens (tertiary/aromatic N) is 2. The van der Waals surface area contributed by atoms with Crippen LogP contribution in [0.15, 0.2) is 39.1 Å². The van der Waals surface area contributed by atoms with Crippen LogP contribution < -0.4 is 5.56 Å². The number of halogens is 1. The van der Waals surface area contributed by atoms with Gasteiger partial charge in [-0.15, -0.1) is 11.8 Å². The van der Waals surface area contributed by atoms with E-state index in [9.17, 15) is 9.18 Å². The molecule has 0 N–H and O–H groups in total. The summed E-state index contributed by atoms with van der Waals surface area (Å²) in [5.74, 6) is -0.310. The van der Waals surface area contributed by atoms with Crippen molar-refractivity contribution in [2.45, 2.75) is 54.2 Å². The SMILES string of the molecule is CCC(C)Sc1nc2c(c(=O)n1-c1ccc(F)cc1)SC(C)C2. The van der Waals surface area contributed by atoms with Crippen LogP contribution in [0.2, 0.25) is 0 Å². The van der Waals surface area contributed by atoms with E-state index < -0.39 is 0 Å². The lowest BCUT2D eigenvalue weighted by molar-refractivity contribution is 0.626. The standard InChI is InChI=1S/C17H19FN2OS2/c1-4-10(2)23-17-19-14-9-11(3)22-15(14)16(21)20(17)13-7-5-12(18)6-8-13/h5-8,10-11H,4,9H2,1-3H3. The van der Waals surface area contributed by atoms with Gasteiger partial charge in [0, 0.05) is 16.9 Å². The normalized spacial score (nSPS) is 18.0. The molecule has 1 aliphatic rings. The number of thioether (sulfide) groups is 2. The largest absolute Gasteiger partial charge is 0.272 e. The van der Waals surface area contributed by atoms with E-state index in [1.165, 1.54) is 12.1 Å². The third-order valence-electron chi connectivity index (χ3n) is 3.85. The van der Waals surface area contributed by atoms with Gasteiger partial charge in [-0.1, -0.05) is 32.5 Å². The third kappa shape index (κ3) is 3.33. The van der Waals surface area contributed by atoms with Crippen LogP contribution in [0.5, 0.6) is 0 Å². The Labute approximate surface area is 143 Å². The van der Waals surface area contributed by atoms with Crippen LogP contribution in [0.25, 0.3) is 5.69 Å². The molecular formula is C17H19FN2OS2. The fraction of sp³-hybridized carbons (Fsp3) is 0.412. The second kappa shape index (κ2) is 6.69. The molecule has 1 aliphatic heterocycles. The molecule has 0 amide bonds. The van der Waals surface area contributed by atoms with Gasteiger partial charge >= 0.3 is 0 Å². The minimum atomic E-state index is -0.310. The van der Waals surface area contributed by atoms with Crippen molar-refractivity contribution < 1.29 is 4.39 Å². The van der Waals surface area contributed by atoms with Crippen molar-refractivity contribution in [2.75, 3.05) is 0 Å². The van der Waals surface area contributed by atoms with E-state index in [0.29, 0.717) is 21.3 Å². The van der Waals surface area contributed by atoms with E-state index in [-0.39, 0.29) is 11.4 Å². The maximum Gasteiger partial charge on any atom is 0.272 e. The molecule has 2 unspecified atom stereocenters. The quantitative estimate of drug-likeness (QED) is 0.608. The number of hydrogen-bond donors (Lipinski definition) is 0. The van der Waals surface area contributed by atoms with Gasteiger partial charge < -0.3 is 0 Å². The van der Waals surface area contributed by atoms with E-state index in [0.717, 1.165) is 23.4 Å². The number of hydrogen-bond acceptors (Lipinski definition) is 4. The van der Waals surface area contributed by atoms with E-state index >= 15 is 0 Å². The molecular weight excluding hydrogens is 331 g/mol. The van der Waals surface area contributed by atoms with Crippen molar-refractivity contribution in [2.24, 2.45) is 0 Å². The molecule has 2 heterocycles. The van der Waals surface area contributed by atoms with E-state index in [1.54, 1.807) is 40.2 Å². The fourth-order valence-corrected chi connectivity index (χ4v) is 4.54. The molecule has 0 bridgehead atoms. The Morgan fingerprint density at radius 3 is 2.78 bits per heavy atom. The average Bonchev–Trinajstić information content (AvgIpc) is 2.89. The van der Waals surface area contributed by atoms with E-state index in [2.05, 4.69) is 20.8 Å². The number of rotatable bonds is 4. The Bertz CT molecular complexity index is 773. The summed E-state index contributed by atoms with van der Waals surface area (Å²) >= 11 is 3.18. The van der Waals surface area contributed by atoms with Crippen LogP contribution in [0.4, 0.5) is 4.39 Å². The molecule has 1 aromatic heterocycles. The van der Waals surface area contributed by atoms with Gasteiger partial charge in [-0.2, -0.15) is 0 Å². The zero-order chi connectivity index (χ0) is 16.6. The van der Waals surface area contributed by atoms with Crippen LogP contribution in [0, 0.1) is 5.82 Å². The van der Waals surface area contributed by atoms with Gasteiger partial charge in [-0.25, -0.2) is 9.37 Å². The molecule has 0 aliphatic carbocycles. The molecule has 2 atom stereocenters. The topological polar surface area (TPSA) is 34.9 Å². The Morgan fingerprint density at radius 1 is 1.43 bits per heavy atom. The molecule has 0 spiro atoms. The van der Waals surface area contributed by atoms with Crippen molar-refractivity contribution >= 4 is 23.5 Å². The van der Waals surface area contributed by atoms with Crippen LogP contribution in [0.1, 0.15) is 32.9 Å². The Kier molecular flexibility index (Phi) is 4.82. The molecule has 3 rings (SSSR count). The van der Waals surface area contributed by atoms with Gasteiger partial charge in [-0.05, 0) is 30.7 Å². The smallest absolute Gasteiger partial charge is 0.268 e. The first-order valence-electron chi connectivity index (χ1n) is 7.74. The van der Waals surface area contributed by atoms with Crippen molar-refractivity contribution in [3.05, 3.63) is 46.1 Å². The molecule has 0 fully saturated rings. The van der Waals surface area contributed by atoms with Crippen LogP contribution >= 0.6 is 23.5 Å². The maximum atomic E-state index is 13.2. The molecule has 1 aromatic carbocycles. The zero-order valence-electron chi connectivity index (χ0n) is 13.4. The molecule has 122 valence electrons. The molecule has 23 heavy (non-hydrogen) atoms. The predicted octanol–water partition coefficient (Wildman–Crippen LogP) is 4.30. The van der Waals surface area contributed by atoms with Crippen molar-refractivity contribution in [1.82, 2.24) is 9.55 Å². The monoisotopic (exact) mass is 350 g/mol. The van der Waals surface area contributed by atoms with Crippen LogP contribution in [0.3, 0.4) is 0 Å². The van der Waals surface area contributed by atoms with Gasteiger partial charge in [0.25, 0.3) is 5.56 Å². The van der Waals surface area contributed by atoms with Gasteiger partial charge in [0.05, 0.1) is 16.3 Å². The Hall–Kier alpha value is -1.27. The second-order valence-corrected chi connectivity index (χ2v) is 8.61. The number of aromatic nitrogens is 2. The fourth-order valence-electron chi connectivity index (χ4n) is 2.46. The lowest BCUT2D eigenvalue weighted by Gasteiger charge is -2.16. The minimum Gasteiger partial charge on any atom is -0.268 e. The highest BCUT2D eigenvalue weighted by Crippen LogP contribution is 2.35. The lowest BCUT2D eigenvalue weighted by Crippen LogP contribution is -2.24.